The molecular formula is C9H15NOS. The Kier molecular flexibility index (Phi) is 3.72. The lowest BCUT2D eigenvalue weighted by atomic mass is 10.2. The minimum absolute atomic E-state index is 0.341. The van der Waals surface area contributed by atoms with E-state index < -0.39 is 0 Å². The Bertz CT molecular complexity index is 234. The van der Waals surface area contributed by atoms with Crippen molar-refractivity contribution in [1.82, 2.24) is 5.32 Å². The van der Waals surface area contributed by atoms with E-state index >= 15 is 0 Å². The minimum atomic E-state index is 0.341. The maximum absolute atomic E-state index is 5.10. The van der Waals surface area contributed by atoms with Gasteiger partial charge in [0.05, 0.1) is 12.6 Å². The first-order chi connectivity index (χ1) is 5.77. The molecule has 0 aliphatic rings. The molecule has 1 N–H and O–H groups in total. The molecule has 1 rings (SSSR count). The summed E-state index contributed by atoms with van der Waals surface area (Å²) in [7, 11) is 3.68. The van der Waals surface area contributed by atoms with Crippen molar-refractivity contribution in [3.8, 4) is 0 Å². The maximum atomic E-state index is 5.10. The van der Waals surface area contributed by atoms with Gasteiger partial charge in [-0.1, -0.05) is 0 Å². The van der Waals surface area contributed by atoms with Crippen LogP contribution >= 0.6 is 11.3 Å². The molecule has 0 saturated heterocycles. The summed E-state index contributed by atoms with van der Waals surface area (Å²) in [6.45, 7) is 2.85. The summed E-state index contributed by atoms with van der Waals surface area (Å²) >= 11 is 1.82. The van der Waals surface area contributed by atoms with Crippen molar-refractivity contribution in [2.24, 2.45) is 0 Å². The Morgan fingerprint density at radius 3 is 2.75 bits per heavy atom. The van der Waals surface area contributed by atoms with Crippen LogP contribution in [0.1, 0.15) is 15.8 Å². The number of thiophene rings is 1. The molecular weight excluding hydrogens is 170 g/mol. The normalized spacial score (nSPS) is 13.2. The van der Waals surface area contributed by atoms with Crippen molar-refractivity contribution in [2.45, 2.75) is 13.0 Å². The van der Waals surface area contributed by atoms with Gasteiger partial charge in [-0.05, 0) is 26.1 Å². The van der Waals surface area contributed by atoms with Crippen LogP contribution in [-0.2, 0) is 4.74 Å². The van der Waals surface area contributed by atoms with Crippen LogP contribution in [0.15, 0.2) is 12.1 Å². The van der Waals surface area contributed by atoms with Crippen LogP contribution in [0.3, 0.4) is 0 Å². The van der Waals surface area contributed by atoms with Crippen molar-refractivity contribution in [1.29, 1.82) is 0 Å². The Hall–Kier alpha value is -0.380. The Balaban J connectivity index is 2.66. The SMILES string of the molecule is CNC(COC)c1ccc(C)s1. The predicted molar refractivity (Wildman–Crippen MR) is 52.7 cm³/mol. The molecule has 1 atom stereocenters. The zero-order valence-corrected chi connectivity index (χ0v) is 8.57. The van der Waals surface area contributed by atoms with Gasteiger partial charge in [-0.3, -0.25) is 0 Å². The van der Waals surface area contributed by atoms with Crippen LogP contribution in [0, 0.1) is 6.92 Å². The molecule has 0 bridgehead atoms. The van der Waals surface area contributed by atoms with Gasteiger partial charge >= 0.3 is 0 Å². The number of likely N-dealkylation sites (N-methyl/N-ethyl adjacent to an activating group) is 1. The average molecular weight is 185 g/mol. The number of aryl methyl sites for hydroxylation is 1. The molecule has 68 valence electrons. The first-order valence-electron chi connectivity index (χ1n) is 4.00. The molecule has 12 heavy (non-hydrogen) atoms. The van der Waals surface area contributed by atoms with E-state index in [1.165, 1.54) is 9.75 Å². The second-order valence-corrected chi connectivity index (χ2v) is 4.06. The van der Waals surface area contributed by atoms with Crippen LogP contribution in [-0.4, -0.2) is 20.8 Å². The summed E-state index contributed by atoms with van der Waals surface area (Å²) < 4.78 is 5.10. The molecule has 2 nitrogen and oxygen atoms in total. The molecule has 0 fully saturated rings. The van der Waals surface area contributed by atoms with Gasteiger partial charge in [0.15, 0.2) is 0 Å². The monoisotopic (exact) mass is 185 g/mol. The summed E-state index contributed by atoms with van der Waals surface area (Å²) in [5.41, 5.74) is 0. The van der Waals surface area contributed by atoms with Gasteiger partial charge < -0.3 is 10.1 Å². The molecule has 0 aliphatic heterocycles. The lowest BCUT2D eigenvalue weighted by Crippen LogP contribution is -2.19. The summed E-state index contributed by atoms with van der Waals surface area (Å²) in [5.74, 6) is 0. The van der Waals surface area contributed by atoms with Gasteiger partial charge in [-0.15, -0.1) is 11.3 Å². The molecule has 0 amide bonds. The highest BCUT2D eigenvalue weighted by Gasteiger charge is 2.09. The lowest BCUT2D eigenvalue weighted by Gasteiger charge is -2.12. The second kappa shape index (κ2) is 4.60. The maximum Gasteiger partial charge on any atom is 0.0665 e. The van der Waals surface area contributed by atoms with Gasteiger partial charge in [0.25, 0.3) is 0 Å². The molecule has 0 saturated carbocycles. The van der Waals surface area contributed by atoms with Crippen LogP contribution in [0.5, 0.6) is 0 Å². The highest BCUT2D eigenvalue weighted by molar-refractivity contribution is 7.12. The predicted octanol–water partition coefficient (Wildman–Crippen LogP) is 1.96. The van der Waals surface area contributed by atoms with E-state index in [4.69, 9.17) is 4.74 Å². The Morgan fingerprint density at radius 1 is 1.58 bits per heavy atom. The largest absolute Gasteiger partial charge is 0.383 e. The van der Waals surface area contributed by atoms with E-state index in [0.29, 0.717) is 6.04 Å². The van der Waals surface area contributed by atoms with Gasteiger partial charge in [0.1, 0.15) is 0 Å². The van der Waals surface area contributed by atoms with Crippen molar-refractivity contribution < 1.29 is 4.74 Å². The number of hydrogen-bond acceptors (Lipinski definition) is 3. The fraction of sp³-hybridized carbons (Fsp3) is 0.556. The number of rotatable bonds is 4. The fourth-order valence-electron chi connectivity index (χ4n) is 1.12. The highest BCUT2D eigenvalue weighted by atomic mass is 32.1. The summed E-state index contributed by atoms with van der Waals surface area (Å²) in [6, 6.07) is 4.63. The first-order valence-corrected chi connectivity index (χ1v) is 4.82. The molecule has 0 aliphatic carbocycles. The van der Waals surface area contributed by atoms with Gasteiger partial charge in [0.2, 0.25) is 0 Å². The summed E-state index contributed by atoms with van der Waals surface area (Å²) in [6.07, 6.45) is 0. The number of hydrogen-bond donors (Lipinski definition) is 1. The van der Waals surface area contributed by atoms with Crippen molar-refractivity contribution in [3.63, 3.8) is 0 Å². The molecule has 3 heteroatoms. The van der Waals surface area contributed by atoms with Crippen molar-refractivity contribution in [3.05, 3.63) is 21.9 Å². The number of ether oxygens (including phenoxy) is 1. The van der Waals surface area contributed by atoms with E-state index in [2.05, 4.69) is 24.4 Å². The number of nitrogens with one attached hydrogen (secondary N) is 1. The quantitative estimate of drug-likeness (QED) is 0.774. The molecule has 0 spiro atoms. The molecule has 1 heterocycles. The number of methoxy groups -OCH3 is 1. The van der Waals surface area contributed by atoms with Crippen LogP contribution < -0.4 is 5.32 Å². The lowest BCUT2D eigenvalue weighted by molar-refractivity contribution is 0.171. The molecule has 0 radical (unpaired) electrons. The third-order valence-electron chi connectivity index (χ3n) is 1.79. The summed E-state index contributed by atoms with van der Waals surface area (Å²) in [4.78, 5) is 2.69. The molecule has 1 aromatic heterocycles. The second-order valence-electron chi connectivity index (χ2n) is 2.75. The zero-order chi connectivity index (χ0) is 8.97. The fourth-order valence-corrected chi connectivity index (χ4v) is 2.09. The molecule has 0 aromatic carbocycles. The average Bonchev–Trinajstić information content (AvgIpc) is 2.47. The summed E-state index contributed by atoms with van der Waals surface area (Å²) in [5, 5.41) is 3.22. The molecule has 1 unspecified atom stereocenters. The van der Waals surface area contributed by atoms with Gasteiger partial charge in [-0.25, -0.2) is 0 Å². The Morgan fingerprint density at radius 2 is 2.33 bits per heavy atom. The van der Waals surface area contributed by atoms with Crippen LogP contribution in [0.4, 0.5) is 0 Å². The minimum Gasteiger partial charge on any atom is -0.383 e. The van der Waals surface area contributed by atoms with E-state index in [9.17, 15) is 0 Å². The topological polar surface area (TPSA) is 21.3 Å². The smallest absolute Gasteiger partial charge is 0.0665 e. The van der Waals surface area contributed by atoms with E-state index in [1.807, 2.05) is 18.4 Å². The van der Waals surface area contributed by atoms with Crippen molar-refractivity contribution >= 4 is 11.3 Å². The standard InChI is InChI=1S/C9H15NOS/c1-7-4-5-9(12-7)8(10-2)6-11-3/h4-5,8,10H,6H2,1-3H3. The van der Waals surface area contributed by atoms with Gasteiger partial charge in [0, 0.05) is 16.9 Å². The first kappa shape index (κ1) is 9.71. The third-order valence-corrected chi connectivity index (χ3v) is 2.90. The van der Waals surface area contributed by atoms with Crippen molar-refractivity contribution in [2.75, 3.05) is 20.8 Å². The van der Waals surface area contributed by atoms with Crippen LogP contribution in [0.25, 0.3) is 0 Å². The Labute approximate surface area is 77.6 Å². The van der Waals surface area contributed by atoms with E-state index in [-0.39, 0.29) is 0 Å². The van der Waals surface area contributed by atoms with E-state index in [0.717, 1.165) is 6.61 Å². The zero-order valence-electron chi connectivity index (χ0n) is 7.76. The van der Waals surface area contributed by atoms with Crippen LogP contribution in [0.2, 0.25) is 0 Å². The van der Waals surface area contributed by atoms with Gasteiger partial charge in [-0.2, -0.15) is 0 Å². The highest BCUT2D eigenvalue weighted by Crippen LogP contribution is 2.22. The van der Waals surface area contributed by atoms with E-state index in [1.54, 1.807) is 7.11 Å². The molecule has 1 aromatic rings. The third kappa shape index (κ3) is 2.30.